The summed E-state index contributed by atoms with van der Waals surface area (Å²) >= 11 is 0. The first-order chi connectivity index (χ1) is 9.99. The molecule has 0 saturated heterocycles. The third-order valence-corrected chi connectivity index (χ3v) is 6.23. The molecule has 2 heteroatoms. The van der Waals surface area contributed by atoms with Gasteiger partial charge in [-0.3, -0.25) is 4.98 Å². The highest BCUT2D eigenvalue weighted by Crippen LogP contribution is 2.66. The molecule has 0 amide bonds. The number of aromatic nitrogens is 1. The van der Waals surface area contributed by atoms with E-state index in [1.54, 1.807) is 0 Å². The van der Waals surface area contributed by atoms with Crippen molar-refractivity contribution >= 4 is 0 Å². The van der Waals surface area contributed by atoms with Crippen LogP contribution in [0.15, 0.2) is 24.4 Å². The molecule has 0 spiro atoms. The molecule has 1 aromatic rings. The van der Waals surface area contributed by atoms with Crippen molar-refractivity contribution in [3.8, 4) is 0 Å². The van der Waals surface area contributed by atoms with E-state index in [0.29, 0.717) is 16.4 Å². The van der Waals surface area contributed by atoms with E-state index in [4.69, 9.17) is 0 Å². The SMILES string of the molecule is CC12CC3CC(C)(C1)CC(NCCc1ccccn1)(C3)C2. The van der Waals surface area contributed by atoms with Crippen LogP contribution in [-0.2, 0) is 6.42 Å². The predicted molar refractivity (Wildman–Crippen MR) is 86.1 cm³/mol. The van der Waals surface area contributed by atoms with Crippen LogP contribution in [0.1, 0.15) is 58.1 Å². The number of nitrogens with one attached hydrogen (secondary N) is 1. The van der Waals surface area contributed by atoms with Gasteiger partial charge in [0.25, 0.3) is 0 Å². The van der Waals surface area contributed by atoms with Crippen molar-refractivity contribution in [2.75, 3.05) is 6.54 Å². The fourth-order valence-corrected chi connectivity index (χ4v) is 6.65. The van der Waals surface area contributed by atoms with Crippen LogP contribution in [0, 0.1) is 16.7 Å². The van der Waals surface area contributed by atoms with Crippen molar-refractivity contribution in [1.29, 1.82) is 0 Å². The van der Waals surface area contributed by atoms with Crippen LogP contribution in [0.5, 0.6) is 0 Å². The summed E-state index contributed by atoms with van der Waals surface area (Å²) in [6, 6.07) is 6.23. The zero-order chi connectivity index (χ0) is 14.6. The molecule has 0 radical (unpaired) electrons. The molecular formula is C19H28N2. The van der Waals surface area contributed by atoms with Crippen molar-refractivity contribution in [2.24, 2.45) is 16.7 Å². The molecule has 4 fully saturated rings. The van der Waals surface area contributed by atoms with Crippen LogP contribution < -0.4 is 5.32 Å². The van der Waals surface area contributed by atoms with Gasteiger partial charge in [-0.25, -0.2) is 0 Å². The van der Waals surface area contributed by atoms with Crippen molar-refractivity contribution in [2.45, 2.75) is 64.3 Å². The third kappa shape index (κ3) is 2.52. The average molecular weight is 284 g/mol. The summed E-state index contributed by atoms with van der Waals surface area (Å²) in [5.41, 5.74) is 2.85. The fraction of sp³-hybridized carbons (Fsp3) is 0.737. The van der Waals surface area contributed by atoms with E-state index in [-0.39, 0.29) is 0 Å². The van der Waals surface area contributed by atoms with Crippen LogP contribution in [0.2, 0.25) is 0 Å². The standard InChI is InChI=1S/C19H28N2/c1-17-9-15-10-18(2,12-17)14-19(11-15,13-17)21-8-6-16-5-3-4-7-20-16/h3-5,7,15,21H,6,8-14H2,1-2H3. The number of pyridine rings is 1. The van der Waals surface area contributed by atoms with Crippen molar-refractivity contribution in [3.05, 3.63) is 30.1 Å². The van der Waals surface area contributed by atoms with E-state index in [1.807, 2.05) is 12.3 Å². The van der Waals surface area contributed by atoms with Gasteiger partial charge in [-0.1, -0.05) is 19.9 Å². The zero-order valence-electron chi connectivity index (χ0n) is 13.5. The van der Waals surface area contributed by atoms with Crippen LogP contribution >= 0.6 is 0 Å². The normalized spacial score (nSPS) is 44.2. The molecule has 4 bridgehead atoms. The van der Waals surface area contributed by atoms with Gasteiger partial charge in [-0.15, -0.1) is 0 Å². The topological polar surface area (TPSA) is 24.9 Å². The minimum absolute atomic E-state index is 0.428. The van der Waals surface area contributed by atoms with E-state index in [1.165, 1.54) is 44.2 Å². The number of rotatable bonds is 4. The summed E-state index contributed by atoms with van der Waals surface area (Å²) in [7, 11) is 0. The molecule has 1 aromatic heterocycles. The Balaban J connectivity index is 1.45. The summed E-state index contributed by atoms with van der Waals surface area (Å²) < 4.78 is 0. The Bertz CT molecular complexity index is 506. The maximum atomic E-state index is 4.45. The Morgan fingerprint density at radius 2 is 1.86 bits per heavy atom. The van der Waals surface area contributed by atoms with Crippen LogP contribution in [0.4, 0.5) is 0 Å². The molecule has 0 aromatic carbocycles. The number of hydrogen-bond acceptors (Lipinski definition) is 2. The fourth-order valence-electron chi connectivity index (χ4n) is 6.65. The van der Waals surface area contributed by atoms with Crippen LogP contribution in [-0.4, -0.2) is 17.1 Å². The average Bonchev–Trinajstić information content (AvgIpc) is 2.35. The van der Waals surface area contributed by atoms with Crippen LogP contribution in [0.25, 0.3) is 0 Å². The minimum Gasteiger partial charge on any atom is -0.311 e. The first kappa shape index (κ1) is 13.8. The van der Waals surface area contributed by atoms with Gasteiger partial charge < -0.3 is 5.32 Å². The van der Waals surface area contributed by atoms with Gasteiger partial charge in [0.1, 0.15) is 0 Å². The second kappa shape index (κ2) is 4.55. The molecule has 21 heavy (non-hydrogen) atoms. The monoisotopic (exact) mass is 284 g/mol. The van der Waals surface area contributed by atoms with Gasteiger partial charge >= 0.3 is 0 Å². The molecule has 4 aliphatic carbocycles. The molecule has 5 rings (SSSR count). The highest BCUT2D eigenvalue weighted by molar-refractivity contribution is 5.14. The van der Waals surface area contributed by atoms with E-state index in [2.05, 4.69) is 36.3 Å². The van der Waals surface area contributed by atoms with E-state index in [9.17, 15) is 0 Å². The van der Waals surface area contributed by atoms with Gasteiger partial charge in [-0.05, 0) is 67.4 Å². The Labute approximate surface area is 128 Å². The molecule has 4 aliphatic rings. The van der Waals surface area contributed by atoms with Gasteiger partial charge in [-0.2, -0.15) is 0 Å². The first-order valence-electron chi connectivity index (χ1n) is 8.63. The lowest BCUT2D eigenvalue weighted by Crippen LogP contribution is -2.64. The molecule has 2 nitrogen and oxygen atoms in total. The Morgan fingerprint density at radius 3 is 2.48 bits per heavy atom. The number of nitrogens with zero attached hydrogens (tertiary/aromatic N) is 1. The molecule has 4 saturated carbocycles. The van der Waals surface area contributed by atoms with E-state index in [0.717, 1.165) is 18.9 Å². The Morgan fingerprint density at radius 1 is 1.10 bits per heavy atom. The van der Waals surface area contributed by atoms with Crippen molar-refractivity contribution < 1.29 is 0 Å². The van der Waals surface area contributed by atoms with Gasteiger partial charge in [0, 0.05) is 30.4 Å². The predicted octanol–water partition coefficient (Wildman–Crippen LogP) is 3.96. The maximum Gasteiger partial charge on any atom is 0.0416 e. The second-order valence-electron chi connectivity index (χ2n) is 8.91. The molecule has 1 heterocycles. The van der Waals surface area contributed by atoms with Crippen LogP contribution in [0.3, 0.4) is 0 Å². The summed E-state index contributed by atoms with van der Waals surface area (Å²) in [5.74, 6) is 0.971. The maximum absolute atomic E-state index is 4.45. The third-order valence-electron chi connectivity index (χ3n) is 6.23. The summed E-state index contributed by atoms with van der Waals surface area (Å²) in [5, 5.41) is 3.99. The van der Waals surface area contributed by atoms with Gasteiger partial charge in [0.2, 0.25) is 0 Å². The largest absolute Gasteiger partial charge is 0.311 e. The van der Waals surface area contributed by atoms with Gasteiger partial charge in [0.05, 0.1) is 0 Å². The molecule has 114 valence electrons. The van der Waals surface area contributed by atoms with E-state index >= 15 is 0 Å². The first-order valence-corrected chi connectivity index (χ1v) is 8.63. The number of hydrogen-bond donors (Lipinski definition) is 1. The zero-order valence-corrected chi connectivity index (χ0v) is 13.5. The highest BCUT2D eigenvalue weighted by atomic mass is 15.0. The highest BCUT2D eigenvalue weighted by Gasteiger charge is 2.59. The molecule has 2 atom stereocenters. The Hall–Kier alpha value is -0.890. The van der Waals surface area contributed by atoms with Crippen molar-refractivity contribution in [1.82, 2.24) is 10.3 Å². The molecule has 0 aliphatic heterocycles. The Kier molecular flexibility index (Phi) is 2.98. The summed E-state index contributed by atoms with van der Waals surface area (Å²) in [6.45, 7) is 6.17. The lowest BCUT2D eigenvalue weighted by Gasteiger charge is -2.65. The van der Waals surface area contributed by atoms with E-state index < -0.39 is 0 Å². The molecular weight excluding hydrogens is 256 g/mol. The second-order valence-corrected chi connectivity index (χ2v) is 8.91. The minimum atomic E-state index is 0.428. The summed E-state index contributed by atoms with van der Waals surface area (Å²) in [4.78, 5) is 4.45. The summed E-state index contributed by atoms with van der Waals surface area (Å²) in [6.07, 6.45) is 11.6. The van der Waals surface area contributed by atoms with Gasteiger partial charge in [0.15, 0.2) is 0 Å². The lowest BCUT2D eigenvalue weighted by molar-refractivity contribution is -0.117. The molecule has 2 unspecified atom stereocenters. The smallest absolute Gasteiger partial charge is 0.0416 e. The quantitative estimate of drug-likeness (QED) is 0.905. The molecule has 1 N–H and O–H groups in total. The van der Waals surface area contributed by atoms with Crippen molar-refractivity contribution in [3.63, 3.8) is 0 Å². The lowest BCUT2D eigenvalue weighted by atomic mass is 9.43.